The third-order valence-corrected chi connectivity index (χ3v) is 2.19. The lowest BCUT2D eigenvalue weighted by Gasteiger charge is -2.10. The minimum Gasteiger partial charge on any atom is -0.388 e. The summed E-state index contributed by atoms with van der Waals surface area (Å²) in [5.41, 5.74) is 0. The molecule has 2 N–H and O–H groups in total. The summed E-state index contributed by atoms with van der Waals surface area (Å²) in [5.74, 6) is 0.240. The van der Waals surface area contributed by atoms with Gasteiger partial charge in [0.2, 0.25) is 0 Å². The van der Waals surface area contributed by atoms with Crippen molar-refractivity contribution >= 4 is 23.2 Å². The second-order valence-electron chi connectivity index (χ2n) is 2.35. The molecule has 0 aromatic heterocycles. The highest BCUT2D eigenvalue weighted by molar-refractivity contribution is 6.19. The Morgan fingerprint density at radius 3 is 2.27 bits per heavy atom. The van der Waals surface area contributed by atoms with Gasteiger partial charge in [0.25, 0.3) is 0 Å². The van der Waals surface area contributed by atoms with E-state index in [1.807, 2.05) is 0 Å². The van der Waals surface area contributed by atoms with Gasteiger partial charge in [-0.05, 0) is 0 Å². The van der Waals surface area contributed by atoms with E-state index in [2.05, 4.69) is 0 Å². The molecule has 1 fully saturated rings. The Bertz CT molecular complexity index is 115. The summed E-state index contributed by atoms with van der Waals surface area (Å²) in [7, 11) is 0. The van der Waals surface area contributed by atoms with Gasteiger partial charge < -0.3 is 14.9 Å². The molecule has 1 saturated heterocycles. The molecule has 5 heteroatoms. The van der Waals surface area contributed by atoms with E-state index in [4.69, 9.17) is 27.9 Å². The molecule has 0 saturated carbocycles. The lowest BCUT2D eigenvalue weighted by Crippen LogP contribution is -2.31. The fourth-order valence-corrected chi connectivity index (χ4v) is 1.43. The van der Waals surface area contributed by atoms with Crippen molar-refractivity contribution in [2.45, 2.75) is 18.3 Å². The summed E-state index contributed by atoms with van der Waals surface area (Å²) in [5, 5.41) is 18.4. The van der Waals surface area contributed by atoms with E-state index >= 15 is 0 Å². The van der Waals surface area contributed by atoms with Crippen molar-refractivity contribution in [3.8, 4) is 0 Å². The minimum absolute atomic E-state index is 0.0889. The van der Waals surface area contributed by atoms with Crippen molar-refractivity contribution < 1.29 is 14.9 Å². The molecule has 11 heavy (non-hydrogen) atoms. The van der Waals surface area contributed by atoms with Gasteiger partial charge in [-0.1, -0.05) is 0 Å². The standard InChI is InChI=1S/C6H9Cl2O3/c7-1-3-5(9)6(10)4(2-8)11-3/h3,5-6,9-10H,1-2H2/t3-,5-,6-/m1/s1. The van der Waals surface area contributed by atoms with Gasteiger partial charge in [0.05, 0.1) is 11.8 Å². The van der Waals surface area contributed by atoms with E-state index in [0.29, 0.717) is 6.10 Å². The highest BCUT2D eigenvalue weighted by Gasteiger charge is 2.42. The molecule has 1 heterocycles. The Kier molecular flexibility index (Phi) is 3.40. The largest absolute Gasteiger partial charge is 0.388 e. The Morgan fingerprint density at radius 1 is 1.36 bits per heavy atom. The van der Waals surface area contributed by atoms with Crippen LogP contribution in [0.5, 0.6) is 0 Å². The summed E-state index contributed by atoms with van der Waals surface area (Å²) in [6.07, 6.45) is -2.16. The lowest BCUT2D eigenvalue weighted by atomic mass is 10.1. The van der Waals surface area contributed by atoms with Crippen molar-refractivity contribution in [1.29, 1.82) is 0 Å². The molecule has 0 unspecified atom stereocenters. The Labute approximate surface area is 74.9 Å². The molecule has 1 radical (unpaired) electrons. The number of rotatable bonds is 2. The molecule has 0 aromatic rings. The third kappa shape index (κ3) is 1.79. The van der Waals surface area contributed by atoms with Crippen LogP contribution in [0, 0.1) is 6.10 Å². The van der Waals surface area contributed by atoms with E-state index in [1.165, 1.54) is 0 Å². The second kappa shape index (κ2) is 3.92. The molecule has 0 amide bonds. The molecule has 0 aromatic carbocycles. The van der Waals surface area contributed by atoms with Gasteiger partial charge in [-0.3, -0.25) is 0 Å². The maximum Gasteiger partial charge on any atom is 0.143 e. The van der Waals surface area contributed by atoms with Crippen LogP contribution in [0.4, 0.5) is 0 Å². The molecule has 65 valence electrons. The smallest absolute Gasteiger partial charge is 0.143 e. The SMILES string of the molecule is O[C@H]1[C@H](O)[C](CCl)O[C@@H]1CCl. The highest BCUT2D eigenvalue weighted by Crippen LogP contribution is 2.28. The quantitative estimate of drug-likeness (QED) is 0.622. The molecular weight excluding hydrogens is 191 g/mol. The number of halogens is 2. The van der Waals surface area contributed by atoms with Crippen LogP contribution in [0.2, 0.25) is 0 Å². The van der Waals surface area contributed by atoms with Gasteiger partial charge in [-0.2, -0.15) is 0 Å². The average Bonchev–Trinajstić information content (AvgIpc) is 2.30. The fraction of sp³-hybridized carbons (Fsp3) is 0.833. The summed E-state index contributed by atoms with van der Waals surface area (Å²) >= 11 is 10.9. The van der Waals surface area contributed by atoms with E-state index in [9.17, 15) is 10.2 Å². The predicted octanol–water partition coefficient (Wildman–Crippen LogP) is 0.117. The maximum atomic E-state index is 9.22. The second-order valence-corrected chi connectivity index (χ2v) is 2.92. The number of ether oxygens (including phenoxy) is 1. The third-order valence-electron chi connectivity index (χ3n) is 1.62. The Balaban J connectivity index is 2.53. The molecule has 0 bridgehead atoms. The van der Waals surface area contributed by atoms with Crippen molar-refractivity contribution in [3.05, 3.63) is 6.10 Å². The first-order chi connectivity index (χ1) is 5.20. The summed E-state index contributed by atoms with van der Waals surface area (Å²) in [6.45, 7) is 0. The molecule has 3 atom stereocenters. The number of aliphatic hydroxyl groups is 2. The van der Waals surface area contributed by atoms with Crippen LogP contribution in [0.1, 0.15) is 0 Å². The van der Waals surface area contributed by atoms with Crippen LogP contribution in [-0.2, 0) is 4.74 Å². The molecule has 1 rings (SSSR count). The average molecular weight is 200 g/mol. The Morgan fingerprint density at radius 2 is 2.00 bits per heavy atom. The summed E-state index contributed by atoms with van der Waals surface area (Å²) in [4.78, 5) is 0. The van der Waals surface area contributed by atoms with Gasteiger partial charge in [0.15, 0.2) is 0 Å². The zero-order chi connectivity index (χ0) is 8.43. The van der Waals surface area contributed by atoms with Crippen LogP contribution in [0.25, 0.3) is 0 Å². The highest BCUT2D eigenvalue weighted by atomic mass is 35.5. The number of hydrogen-bond donors (Lipinski definition) is 2. The van der Waals surface area contributed by atoms with Gasteiger partial charge in [0, 0.05) is 0 Å². The van der Waals surface area contributed by atoms with Gasteiger partial charge in [-0.15, -0.1) is 23.2 Å². The predicted molar refractivity (Wildman–Crippen MR) is 41.6 cm³/mol. The van der Waals surface area contributed by atoms with E-state index in [1.54, 1.807) is 0 Å². The van der Waals surface area contributed by atoms with E-state index in [-0.39, 0.29) is 11.8 Å². The van der Waals surface area contributed by atoms with E-state index < -0.39 is 18.3 Å². The first kappa shape index (κ1) is 9.55. The van der Waals surface area contributed by atoms with Crippen LogP contribution < -0.4 is 0 Å². The monoisotopic (exact) mass is 199 g/mol. The lowest BCUT2D eigenvalue weighted by molar-refractivity contribution is 0.0332. The van der Waals surface area contributed by atoms with Crippen LogP contribution in [0.3, 0.4) is 0 Å². The zero-order valence-electron chi connectivity index (χ0n) is 5.70. The Hall–Kier alpha value is 0.460. The first-order valence-electron chi connectivity index (χ1n) is 3.21. The zero-order valence-corrected chi connectivity index (χ0v) is 7.22. The van der Waals surface area contributed by atoms with Gasteiger partial charge in [-0.25, -0.2) is 0 Å². The van der Waals surface area contributed by atoms with Crippen molar-refractivity contribution in [1.82, 2.24) is 0 Å². The molecule has 1 aliphatic rings. The van der Waals surface area contributed by atoms with Crippen molar-refractivity contribution in [2.24, 2.45) is 0 Å². The molecule has 0 aliphatic carbocycles. The molecular formula is C6H9Cl2O3. The molecule has 3 nitrogen and oxygen atoms in total. The van der Waals surface area contributed by atoms with Gasteiger partial charge in [0.1, 0.15) is 24.4 Å². The summed E-state index contributed by atoms with van der Waals surface area (Å²) < 4.78 is 5.04. The number of aliphatic hydroxyl groups excluding tert-OH is 2. The number of hydrogen-bond acceptors (Lipinski definition) is 3. The first-order valence-corrected chi connectivity index (χ1v) is 4.28. The van der Waals surface area contributed by atoms with Crippen LogP contribution in [0.15, 0.2) is 0 Å². The minimum atomic E-state index is -0.990. The molecule has 1 aliphatic heterocycles. The van der Waals surface area contributed by atoms with E-state index in [0.717, 1.165) is 0 Å². The normalized spacial score (nSPS) is 39.8. The maximum absolute atomic E-state index is 9.22. The molecule has 0 spiro atoms. The number of alkyl halides is 2. The van der Waals surface area contributed by atoms with Crippen molar-refractivity contribution in [3.63, 3.8) is 0 Å². The van der Waals surface area contributed by atoms with Crippen LogP contribution in [-0.4, -0.2) is 40.3 Å². The fourth-order valence-electron chi connectivity index (χ4n) is 0.961. The topological polar surface area (TPSA) is 49.7 Å². The summed E-state index contributed by atoms with van der Waals surface area (Å²) in [6, 6.07) is 0. The van der Waals surface area contributed by atoms with Crippen LogP contribution >= 0.6 is 23.2 Å². The van der Waals surface area contributed by atoms with Crippen molar-refractivity contribution in [2.75, 3.05) is 11.8 Å². The van der Waals surface area contributed by atoms with Gasteiger partial charge >= 0.3 is 0 Å².